The molecule has 0 heterocycles. The van der Waals surface area contributed by atoms with Gasteiger partial charge in [0.15, 0.2) is 0 Å². The van der Waals surface area contributed by atoms with Crippen LogP contribution in [0.1, 0.15) is 6.42 Å². The van der Waals surface area contributed by atoms with Crippen LogP contribution in [0, 0.1) is 23.7 Å². The number of aliphatic hydroxyl groups excluding tert-OH is 1. The van der Waals surface area contributed by atoms with Crippen LogP contribution in [0.4, 0.5) is 0 Å². The molecule has 11 heavy (non-hydrogen) atoms. The van der Waals surface area contributed by atoms with Gasteiger partial charge in [0.2, 0.25) is 0 Å². The van der Waals surface area contributed by atoms with Gasteiger partial charge in [0.1, 0.15) is 0 Å². The third kappa shape index (κ3) is 1.07. The highest BCUT2D eigenvalue weighted by molar-refractivity contribution is 9.09. The molecule has 0 aromatic carbocycles. The van der Waals surface area contributed by atoms with Gasteiger partial charge >= 0.3 is 0 Å². The molecule has 1 fully saturated rings. The summed E-state index contributed by atoms with van der Waals surface area (Å²) in [7, 11) is 0. The topological polar surface area (TPSA) is 20.2 Å². The Labute approximate surface area is 75.6 Å². The largest absolute Gasteiger partial charge is 0.396 e. The molecule has 0 aliphatic heterocycles. The fourth-order valence-electron chi connectivity index (χ4n) is 2.53. The zero-order chi connectivity index (χ0) is 7.84. The molecule has 0 spiro atoms. The van der Waals surface area contributed by atoms with Crippen LogP contribution < -0.4 is 0 Å². The lowest BCUT2D eigenvalue weighted by molar-refractivity contribution is 0.174. The Balaban J connectivity index is 2.15. The molecule has 0 amide bonds. The number of hydrogen-bond donors (Lipinski definition) is 1. The minimum absolute atomic E-state index is 0.363. The number of allylic oxidation sites excluding steroid dienone is 2. The quantitative estimate of drug-likeness (QED) is 0.552. The molecule has 1 nitrogen and oxygen atoms in total. The molecule has 0 aromatic rings. The Morgan fingerprint density at radius 2 is 1.91 bits per heavy atom. The highest BCUT2D eigenvalue weighted by atomic mass is 79.9. The molecule has 4 unspecified atom stereocenters. The van der Waals surface area contributed by atoms with Crippen molar-refractivity contribution in [3.63, 3.8) is 0 Å². The van der Waals surface area contributed by atoms with Gasteiger partial charge in [-0.15, -0.1) is 0 Å². The van der Waals surface area contributed by atoms with Gasteiger partial charge in [0, 0.05) is 11.9 Å². The molecule has 62 valence electrons. The van der Waals surface area contributed by atoms with Crippen molar-refractivity contribution in [3.8, 4) is 0 Å². The fraction of sp³-hybridized carbons (Fsp3) is 0.778. The van der Waals surface area contributed by atoms with Crippen molar-refractivity contribution >= 4 is 15.9 Å². The Hall–Kier alpha value is 0.180. The molecule has 1 saturated carbocycles. The lowest BCUT2D eigenvalue weighted by Crippen LogP contribution is -2.23. The molecule has 2 bridgehead atoms. The lowest BCUT2D eigenvalue weighted by atomic mass is 9.85. The van der Waals surface area contributed by atoms with Gasteiger partial charge in [-0.1, -0.05) is 28.1 Å². The van der Waals surface area contributed by atoms with E-state index in [0.29, 0.717) is 24.4 Å². The molecule has 2 aliphatic carbocycles. The highest BCUT2D eigenvalue weighted by Crippen LogP contribution is 2.48. The van der Waals surface area contributed by atoms with Crippen LogP contribution in [0.3, 0.4) is 0 Å². The van der Waals surface area contributed by atoms with Crippen LogP contribution in [-0.4, -0.2) is 17.0 Å². The standard InChI is InChI=1S/C9H13BrO/c10-4-8-6-1-2-7(3-6)9(8)5-11/h1-2,6-9,11H,3-5H2. The van der Waals surface area contributed by atoms with Gasteiger partial charge in [-0.25, -0.2) is 0 Å². The molecule has 2 heteroatoms. The van der Waals surface area contributed by atoms with Crippen LogP contribution in [0.2, 0.25) is 0 Å². The first kappa shape index (κ1) is 7.81. The summed E-state index contributed by atoms with van der Waals surface area (Å²) in [5, 5.41) is 10.2. The SMILES string of the molecule is OCC1C2C=CC(C2)C1CBr. The molecule has 0 radical (unpaired) electrons. The summed E-state index contributed by atoms with van der Waals surface area (Å²) >= 11 is 3.51. The fourth-order valence-corrected chi connectivity index (χ4v) is 3.49. The van der Waals surface area contributed by atoms with Gasteiger partial charge in [-0.2, -0.15) is 0 Å². The van der Waals surface area contributed by atoms with Crippen LogP contribution in [0.25, 0.3) is 0 Å². The second-order valence-corrected chi connectivity index (χ2v) is 4.26. The van der Waals surface area contributed by atoms with Crippen LogP contribution in [-0.2, 0) is 0 Å². The number of fused-ring (bicyclic) bond motifs is 2. The molecular formula is C9H13BrO. The Bertz CT molecular complexity index is 160. The van der Waals surface area contributed by atoms with Crippen molar-refractivity contribution in [1.29, 1.82) is 0 Å². The normalized spacial score (nSPS) is 47.1. The summed E-state index contributed by atoms with van der Waals surface area (Å²) in [6.45, 7) is 0.363. The number of rotatable bonds is 2. The van der Waals surface area contributed by atoms with Gasteiger partial charge in [-0.05, 0) is 30.1 Å². The maximum atomic E-state index is 9.13. The van der Waals surface area contributed by atoms with E-state index in [-0.39, 0.29) is 0 Å². The summed E-state index contributed by atoms with van der Waals surface area (Å²) in [6.07, 6.45) is 5.88. The molecule has 4 atom stereocenters. The van der Waals surface area contributed by atoms with Gasteiger partial charge in [-0.3, -0.25) is 0 Å². The van der Waals surface area contributed by atoms with E-state index in [1.165, 1.54) is 6.42 Å². The van der Waals surface area contributed by atoms with E-state index in [9.17, 15) is 0 Å². The van der Waals surface area contributed by atoms with Crippen molar-refractivity contribution in [2.45, 2.75) is 6.42 Å². The second kappa shape index (κ2) is 2.91. The smallest absolute Gasteiger partial charge is 0.0468 e. The first-order valence-electron chi connectivity index (χ1n) is 4.22. The summed E-state index contributed by atoms with van der Waals surface area (Å²) in [6, 6.07) is 0. The van der Waals surface area contributed by atoms with Crippen molar-refractivity contribution in [2.75, 3.05) is 11.9 Å². The van der Waals surface area contributed by atoms with E-state index in [1.54, 1.807) is 0 Å². The van der Waals surface area contributed by atoms with Crippen LogP contribution >= 0.6 is 15.9 Å². The minimum Gasteiger partial charge on any atom is -0.396 e. The number of aliphatic hydroxyl groups is 1. The lowest BCUT2D eigenvalue weighted by Gasteiger charge is -2.24. The molecule has 2 aliphatic rings. The monoisotopic (exact) mass is 216 g/mol. The Morgan fingerprint density at radius 1 is 1.27 bits per heavy atom. The highest BCUT2D eigenvalue weighted by Gasteiger charge is 2.42. The average Bonchev–Trinajstić information content (AvgIpc) is 2.60. The summed E-state index contributed by atoms with van der Waals surface area (Å²) in [5.74, 6) is 2.64. The van der Waals surface area contributed by atoms with Crippen molar-refractivity contribution < 1.29 is 5.11 Å². The van der Waals surface area contributed by atoms with E-state index >= 15 is 0 Å². The number of hydrogen-bond acceptors (Lipinski definition) is 1. The molecule has 1 N–H and O–H groups in total. The van der Waals surface area contributed by atoms with E-state index < -0.39 is 0 Å². The van der Waals surface area contributed by atoms with Gasteiger partial charge < -0.3 is 5.11 Å². The van der Waals surface area contributed by atoms with Crippen molar-refractivity contribution in [2.24, 2.45) is 23.7 Å². The Morgan fingerprint density at radius 3 is 2.36 bits per heavy atom. The predicted molar refractivity (Wildman–Crippen MR) is 48.6 cm³/mol. The maximum absolute atomic E-state index is 9.13. The number of halogens is 1. The van der Waals surface area contributed by atoms with E-state index in [4.69, 9.17) is 5.11 Å². The molecule has 2 rings (SSSR count). The van der Waals surface area contributed by atoms with E-state index in [0.717, 1.165) is 11.2 Å². The first-order chi connectivity index (χ1) is 5.36. The summed E-state index contributed by atoms with van der Waals surface area (Å²) in [5.41, 5.74) is 0. The summed E-state index contributed by atoms with van der Waals surface area (Å²) < 4.78 is 0. The van der Waals surface area contributed by atoms with Crippen LogP contribution in [0.5, 0.6) is 0 Å². The van der Waals surface area contributed by atoms with Gasteiger partial charge in [0.25, 0.3) is 0 Å². The predicted octanol–water partition coefficient (Wildman–Crippen LogP) is 1.81. The third-order valence-electron chi connectivity index (χ3n) is 3.19. The first-order valence-corrected chi connectivity index (χ1v) is 5.34. The summed E-state index contributed by atoms with van der Waals surface area (Å²) in [4.78, 5) is 0. The Kier molecular flexibility index (Phi) is 2.06. The van der Waals surface area contributed by atoms with E-state index in [1.807, 2.05) is 0 Å². The number of alkyl halides is 1. The van der Waals surface area contributed by atoms with Crippen LogP contribution in [0.15, 0.2) is 12.2 Å². The van der Waals surface area contributed by atoms with E-state index in [2.05, 4.69) is 28.1 Å². The van der Waals surface area contributed by atoms with Crippen molar-refractivity contribution in [1.82, 2.24) is 0 Å². The second-order valence-electron chi connectivity index (χ2n) is 3.61. The maximum Gasteiger partial charge on any atom is 0.0468 e. The average molecular weight is 217 g/mol. The van der Waals surface area contributed by atoms with Gasteiger partial charge in [0.05, 0.1) is 0 Å². The molecule has 0 aromatic heterocycles. The molecular weight excluding hydrogens is 204 g/mol. The van der Waals surface area contributed by atoms with Crippen molar-refractivity contribution in [3.05, 3.63) is 12.2 Å². The minimum atomic E-state index is 0.363. The third-order valence-corrected chi connectivity index (χ3v) is 3.94. The zero-order valence-electron chi connectivity index (χ0n) is 6.41. The molecule has 0 saturated heterocycles. The zero-order valence-corrected chi connectivity index (χ0v) is 8.00.